The predicted molar refractivity (Wildman–Crippen MR) is 251 cm³/mol. The van der Waals surface area contributed by atoms with Crippen molar-refractivity contribution >= 4 is 11.9 Å². The summed E-state index contributed by atoms with van der Waals surface area (Å²) >= 11 is 0. The fourth-order valence-electron chi connectivity index (χ4n) is 7.15. The van der Waals surface area contributed by atoms with Crippen LogP contribution in [0.3, 0.4) is 0 Å². The Hall–Kier alpha value is -2.14. The summed E-state index contributed by atoms with van der Waals surface area (Å²) in [5.41, 5.74) is 0. The Balaban J connectivity index is 4.27. The van der Waals surface area contributed by atoms with Crippen LogP contribution in [0.15, 0.2) is 48.6 Å². The summed E-state index contributed by atoms with van der Waals surface area (Å²) < 4.78 is 17.3. The van der Waals surface area contributed by atoms with Gasteiger partial charge in [0.2, 0.25) is 0 Å². The molecule has 0 aromatic carbocycles. The Morgan fingerprint density at radius 3 is 1.22 bits per heavy atom. The van der Waals surface area contributed by atoms with Gasteiger partial charge in [0.25, 0.3) is 0 Å². The molecule has 5 nitrogen and oxygen atoms in total. The first-order chi connectivity index (χ1) is 28.6. The third-order valence-electron chi connectivity index (χ3n) is 10.9. The van der Waals surface area contributed by atoms with E-state index in [1.807, 2.05) is 0 Å². The molecule has 0 aromatic rings. The van der Waals surface area contributed by atoms with Crippen molar-refractivity contribution in [3.8, 4) is 0 Å². The number of esters is 2. The van der Waals surface area contributed by atoms with Gasteiger partial charge in [-0.05, 0) is 57.8 Å². The van der Waals surface area contributed by atoms with E-state index in [-0.39, 0.29) is 25.2 Å². The van der Waals surface area contributed by atoms with Gasteiger partial charge in [0, 0.05) is 19.4 Å². The summed E-state index contributed by atoms with van der Waals surface area (Å²) in [6.07, 6.45) is 59.7. The highest BCUT2D eigenvalue weighted by molar-refractivity contribution is 5.70. The van der Waals surface area contributed by atoms with E-state index in [1.165, 1.54) is 141 Å². The number of hydrogen-bond acceptors (Lipinski definition) is 5. The van der Waals surface area contributed by atoms with E-state index >= 15 is 0 Å². The zero-order valence-corrected chi connectivity index (χ0v) is 38.8. The molecule has 0 spiro atoms. The van der Waals surface area contributed by atoms with E-state index in [2.05, 4.69) is 69.4 Å². The van der Waals surface area contributed by atoms with Crippen molar-refractivity contribution in [3.63, 3.8) is 0 Å². The number of hydrogen-bond donors (Lipinski definition) is 0. The molecule has 338 valence electrons. The van der Waals surface area contributed by atoms with E-state index in [9.17, 15) is 9.59 Å². The lowest BCUT2D eigenvalue weighted by molar-refractivity contribution is -0.163. The molecule has 0 amide bonds. The quantitative estimate of drug-likeness (QED) is 0.0348. The zero-order chi connectivity index (χ0) is 42.1. The summed E-state index contributed by atoms with van der Waals surface area (Å²) in [6, 6.07) is 0. The van der Waals surface area contributed by atoms with Crippen molar-refractivity contribution in [2.45, 2.75) is 258 Å². The minimum absolute atomic E-state index is 0.0768. The van der Waals surface area contributed by atoms with Crippen LogP contribution < -0.4 is 0 Å². The Morgan fingerprint density at radius 1 is 0.397 bits per heavy atom. The lowest BCUT2D eigenvalue weighted by atomic mass is 10.0. The third kappa shape index (κ3) is 46.5. The molecule has 0 saturated carbocycles. The number of rotatable bonds is 46. The second kappa shape index (κ2) is 49.2. The summed E-state index contributed by atoms with van der Waals surface area (Å²) in [5, 5.41) is 0. The first-order valence-electron chi connectivity index (χ1n) is 25.2. The van der Waals surface area contributed by atoms with Crippen LogP contribution >= 0.6 is 0 Å². The number of carbonyl (C=O) groups excluding carboxylic acids is 2. The van der Waals surface area contributed by atoms with Gasteiger partial charge in [-0.25, -0.2) is 0 Å². The van der Waals surface area contributed by atoms with E-state index in [0.717, 1.165) is 77.0 Å². The van der Waals surface area contributed by atoms with E-state index in [4.69, 9.17) is 14.2 Å². The van der Waals surface area contributed by atoms with Gasteiger partial charge in [0.05, 0.1) is 6.61 Å². The maximum absolute atomic E-state index is 12.7. The number of allylic oxidation sites excluding steroid dienone is 8. The van der Waals surface area contributed by atoms with Gasteiger partial charge in [-0.1, -0.05) is 230 Å². The van der Waals surface area contributed by atoms with Crippen molar-refractivity contribution < 1.29 is 23.8 Å². The highest BCUT2D eigenvalue weighted by Gasteiger charge is 2.17. The van der Waals surface area contributed by atoms with Gasteiger partial charge < -0.3 is 14.2 Å². The monoisotopic (exact) mass is 813 g/mol. The van der Waals surface area contributed by atoms with Crippen molar-refractivity contribution in [2.24, 2.45) is 0 Å². The molecule has 0 aromatic heterocycles. The summed E-state index contributed by atoms with van der Waals surface area (Å²) in [4.78, 5) is 25.3. The minimum Gasteiger partial charge on any atom is -0.462 e. The van der Waals surface area contributed by atoms with E-state index < -0.39 is 6.10 Å². The standard InChI is InChI=1S/C53H96O5/c1-4-7-10-13-16-19-22-24-26-28-30-33-36-39-42-45-48-56-49-51(58-53(55)47-44-41-38-35-31-21-18-15-12-9-6-3)50-57-52(54)46-43-40-37-34-32-29-27-25-23-20-17-14-11-8-5-2/h7,10,16,19,24,26,30,33,51H,4-6,8-9,11-15,17-18,20-23,25,27-29,31-32,34-50H2,1-3H3/b10-7-,19-16-,26-24-,33-30-. The molecule has 0 aliphatic carbocycles. The second-order valence-corrected chi connectivity index (χ2v) is 16.7. The van der Waals surface area contributed by atoms with Crippen LogP contribution in [0.4, 0.5) is 0 Å². The molecule has 0 bridgehead atoms. The molecule has 1 unspecified atom stereocenters. The molecule has 0 aliphatic heterocycles. The largest absolute Gasteiger partial charge is 0.462 e. The smallest absolute Gasteiger partial charge is 0.306 e. The van der Waals surface area contributed by atoms with Gasteiger partial charge in [-0.15, -0.1) is 0 Å². The number of unbranched alkanes of at least 4 members (excludes halogenated alkanes) is 27. The summed E-state index contributed by atoms with van der Waals surface area (Å²) in [7, 11) is 0. The predicted octanol–water partition coefficient (Wildman–Crippen LogP) is 16.8. The summed E-state index contributed by atoms with van der Waals surface area (Å²) in [6.45, 7) is 7.67. The van der Waals surface area contributed by atoms with E-state index in [0.29, 0.717) is 19.4 Å². The topological polar surface area (TPSA) is 61.8 Å². The zero-order valence-electron chi connectivity index (χ0n) is 38.8. The van der Waals surface area contributed by atoms with Crippen molar-refractivity contribution in [1.82, 2.24) is 0 Å². The van der Waals surface area contributed by atoms with Crippen LogP contribution in [-0.2, 0) is 23.8 Å². The van der Waals surface area contributed by atoms with Gasteiger partial charge in [-0.2, -0.15) is 0 Å². The Morgan fingerprint density at radius 2 is 0.776 bits per heavy atom. The molecule has 58 heavy (non-hydrogen) atoms. The third-order valence-corrected chi connectivity index (χ3v) is 10.9. The highest BCUT2D eigenvalue weighted by atomic mass is 16.6. The highest BCUT2D eigenvalue weighted by Crippen LogP contribution is 2.15. The first-order valence-corrected chi connectivity index (χ1v) is 25.2. The Kier molecular flexibility index (Phi) is 47.4. The second-order valence-electron chi connectivity index (χ2n) is 16.7. The minimum atomic E-state index is -0.547. The van der Waals surface area contributed by atoms with Crippen LogP contribution in [0.25, 0.3) is 0 Å². The molecule has 0 saturated heterocycles. The molecule has 0 fully saturated rings. The molecule has 0 radical (unpaired) electrons. The lowest BCUT2D eigenvalue weighted by Crippen LogP contribution is -2.30. The van der Waals surface area contributed by atoms with Crippen LogP contribution in [0.2, 0.25) is 0 Å². The fraction of sp³-hybridized carbons (Fsp3) is 0.811. The van der Waals surface area contributed by atoms with Gasteiger partial charge in [0.15, 0.2) is 6.10 Å². The van der Waals surface area contributed by atoms with Crippen molar-refractivity contribution in [2.75, 3.05) is 19.8 Å². The van der Waals surface area contributed by atoms with Crippen LogP contribution in [-0.4, -0.2) is 37.9 Å². The fourth-order valence-corrected chi connectivity index (χ4v) is 7.15. The van der Waals surface area contributed by atoms with Crippen molar-refractivity contribution in [3.05, 3.63) is 48.6 Å². The molecule has 0 N–H and O–H groups in total. The van der Waals surface area contributed by atoms with Crippen LogP contribution in [0.1, 0.15) is 252 Å². The molecule has 5 heteroatoms. The van der Waals surface area contributed by atoms with E-state index in [1.54, 1.807) is 0 Å². The SMILES string of the molecule is CC/C=C\C/C=C\C/C=C\C/C=C\CCCCCOCC(COC(=O)CCCCCCCCCCCCCCCCC)OC(=O)CCCCCCCCCCCCC. The maximum Gasteiger partial charge on any atom is 0.306 e. The number of carbonyl (C=O) groups is 2. The maximum atomic E-state index is 12.7. The Labute approximate surface area is 361 Å². The normalized spacial score (nSPS) is 12.5. The first kappa shape index (κ1) is 55.9. The molecular weight excluding hydrogens is 717 g/mol. The molecule has 0 aliphatic rings. The summed E-state index contributed by atoms with van der Waals surface area (Å²) in [5.74, 6) is -0.405. The lowest BCUT2D eigenvalue weighted by Gasteiger charge is -2.18. The van der Waals surface area contributed by atoms with Gasteiger partial charge >= 0.3 is 11.9 Å². The molecular formula is C53H96O5. The van der Waals surface area contributed by atoms with Gasteiger partial charge in [-0.3, -0.25) is 9.59 Å². The molecule has 1 atom stereocenters. The Bertz CT molecular complexity index is 966. The van der Waals surface area contributed by atoms with Crippen LogP contribution in [0, 0.1) is 0 Å². The number of ether oxygens (including phenoxy) is 3. The van der Waals surface area contributed by atoms with Crippen LogP contribution in [0.5, 0.6) is 0 Å². The average Bonchev–Trinajstić information content (AvgIpc) is 3.22. The van der Waals surface area contributed by atoms with Gasteiger partial charge in [0.1, 0.15) is 6.61 Å². The molecule has 0 heterocycles. The van der Waals surface area contributed by atoms with Crippen molar-refractivity contribution in [1.29, 1.82) is 0 Å². The average molecular weight is 813 g/mol. The molecule has 0 rings (SSSR count).